The minimum Gasteiger partial charge on any atom is -0.480 e. The van der Waals surface area contributed by atoms with Gasteiger partial charge in [0.1, 0.15) is 17.9 Å². The van der Waals surface area contributed by atoms with Crippen LogP contribution in [0, 0.1) is 5.92 Å². The van der Waals surface area contributed by atoms with E-state index in [1.165, 1.54) is 0 Å². The molecule has 4 aromatic rings. The standard InChI is InChI=1S/C26H29N5O4/c1-15(2)24(31-23(32)12-11-22-28-19-9-5-6-10-20(19)29-22)25(33)30-21(26(34)35)13-16-14-27-18-8-4-3-7-17(16)18/h3-10,14-15,21,24,27H,11-13H2,1-2H3,(H,28,29)(H,30,33)(H,31,32)(H,34,35)/t21-,24-/m0/s1. The smallest absolute Gasteiger partial charge is 0.326 e. The number of para-hydroxylation sites is 3. The Morgan fingerprint density at radius 3 is 2.43 bits per heavy atom. The van der Waals surface area contributed by atoms with E-state index in [2.05, 4.69) is 25.6 Å². The third-order valence-corrected chi connectivity index (χ3v) is 6.01. The van der Waals surface area contributed by atoms with E-state index < -0.39 is 24.0 Å². The van der Waals surface area contributed by atoms with Gasteiger partial charge in [0.2, 0.25) is 11.8 Å². The lowest BCUT2D eigenvalue weighted by Crippen LogP contribution is -2.54. The Morgan fingerprint density at radius 2 is 1.71 bits per heavy atom. The first kappa shape index (κ1) is 24.0. The number of carboxylic acids is 1. The largest absolute Gasteiger partial charge is 0.480 e. The van der Waals surface area contributed by atoms with Crippen molar-refractivity contribution in [2.45, 2.75) is 45.2 Å². The highest BCUT2D eigenvalue weighted by atomic mass is 16.4. The molecule has 182 valence electrons. The van der Waals surface area contributed by atoms with Gasteiger partial charge in [-0.25, -0.2) is 9.78 Å². The van der Waals surface area contributed by atoms with Gasteiger partial charge in [-0.2, -0.15) is 0 Å². The number of aryl methyl sites for hydroxylation is 1. The molecule has 0 spiro atoms. The number of imidazole rings is 1. The molecule has 0 bridgehead atoms. The van der Waals surface area contributed by atoms with E-state index in [0.717, 1.165) is 27.5 Å². The molecule has 5 N–H and O–H groups in total. The fraction of sp³-hybridized carbons (Fsp3) is 0.308. The molecule has 0 unspecified atom stereocenters. The Morgan fingerprint density at radius 1 is 1.00 bits per heavy atom. The number of nitrogens with one attached hydrogen (secondary N) is 4. The second kappa shape index (κ2) is 10.4. The number of aliphatic carboxylic acids is 1. The van der Waals surface area contributed by atoms with Crippen LogP contribution in [0.25, 0.3) is 21.9 Å². The molecule has 0 saturated heterocycles. The zero-order valence-corrected chi connectivity index (χ0v) is 19.7. The third-order valence-electron chi connectivity index (χ3n) is 6.01. The molecule has 2 amide bonds. The summed E-state index contributed by atoms with van der Waals surface area (Å²) in [5.41, 5.74) is 3.42. The summed E-state index contributed by atoms with van der Waals surface area (Å²) < 4.78 is 0. The Bertz CT molecular complexity index is 1320. The van der Waals surface area contributed by atoms with E-state index in [1.54, 1.807) is 20.0 Å². The van der Waals surface area contributed by atoms with Crippen LogP contribution in [0.15, 0.2) is 54.7 Å². The number of rotatable bonds is 10. The molecule has 4 rings (SSSR count). The maximum absolute atomic E-state index is 13.0. The van der Waals surface area contributed by atoms with Gasteiger partial charge < -0.3 is 25.7 Å². The molecule has 9 nitrogen and oxygen atoms in total. The molecule has 0 radical (unpaired) electrons. The molecule has 0 aliphatic rings. The number of H-pyrrole nitrogens is 2. The van der Waals surface area contributed by atoms with Crippen molar-refractivity contribution in [3.8, 4) is 0 Å². The molecule has 9 heteroatoms. The van der Waals surface area contributed by atoms with E-state index in [1.807, 2.05) is 48.5 Å². The van der Waals surface area contributed by atoms with Crippen LogP contribution >= 0.6 is 0 Å². The van der Waals surface area contributed by atoms with Crippen molar-refractivity contribution < 1.29 is 19.5 Å². The lowest BCUT2D eigenvalue weighted by atomic mass is 10.0. The Labute approximate surface area is 202 Å². The van der Waals surface area contributed by atoms with Crippen LogP contribution in [0.4, 0.5) is 0 Å². The van der Waals surface area contributed by atoms with Gasteiger partial charge in [-0.3, -0.25) is 9.59 Å². The second-order valence-corrected chi connectivity index (χ2v) is 8.95. The van der Waals surface area contributed by atoms with Gasteiger partial charge in [-0.05, 0) is 29.7 Å². The van der Waals surface area contributed by atoms with E-state index in [-0.39, 0.29) is 24.7 Å². The van der Waals surface area contributed by atoms with E-state index in [0.29, 0.717) is 12.2 Å². The first-order valence-electron chi connectivity index (χ1n) is 11.6. The van der Waals surface area contributed by atoms with Crippen molar-refractivity contribution in [2.24, 2.45) is 5.92 Å². The molecule has 2 heterocycles. The minimum atomic E-state index is -1.14. The summed E-state index contributed by atoms with van der Waals surface area (Å²) in [5.74, 6) is -1.50. The number of hydrogen-bond acceptors (Lipinski definition) is 4. The Hall–Kier alpha value is -4.14. The molecule has 2 aromatic carbocycles. The van der Waals surface area contributed by atoms with Crippen molar-refractivity contribution in [1.29, 1.82) is 0 Å². The predicted molar refractivity (Wildman–Crippen MR) is 133 cm³/mol. The van der Waals surface area contributed by atoms with E-state index in [4.69, 9.17) is 0 Å². The molecular weight excluding hydrogens is 446 g/mol. The first-order valence-corrected chi connectivity index (χ1v) is 11.6. The summed E-state index contributed by atoms with van der Waals surface area (Å²) >= 11 is 0. The number of carbonyl (C=O) groups is 3. The van der Waals surface area contributed by atoms with Gasteiger partial charge in [0, 0.05) is 36.4 Å². The van der Waals surface area contributed by atoms with Crippen LogP contribution in [0.3, 0.4) is 0 Å². The van der Waals surface area contributed by atoms with Gasteiger partial charge in [-0.15, -0.1) is 0 Å². The number of aromatic amines is 2. The molecule has 0 fully saturated rings. The number of fused-ring (bicyclic) bond motifs is 2. The Balaban J connectivity index is 1.38. The second-order valence-electron chi connectivity index (χ2n) is 8.95. The minimum absolute atomic E-state index is 0.121. The van der Waals surface area contributed by atoms with Crippen molar-refractivity contribution >= 4 is 39.7 Å². The predicted octanol–water partition coefficient (Wildman–Crippen LogP) is 2.93. The summed E-state index contributed by atoms with van der Waals surface area (Å²) in [6.45, 7) is 3.61. The third kappa shape index (κ3) is 5.68. The number of benzene rings is 2. The van der Waals surface area contributed by atoms with E-state index in [9.17, 15) is 19.5 Å². The molecule has 0 saturated carbocycles. The van der Waals surface area contributed by atoms with Crippen LogP contribution in [0.2, 0.25) is 0 Å². The van der Waals surface area contributed by atoms with Crippen LogP contribution in [-0.2, 0) is 27.2 Å². The van der Waals surface area contributed by atoms with Gasteiger partial charge in [-0.1, -0.05) is 44.2 Å². The number of hydrogen-bond donors (Lipinski definition) is 5. The van der Waals surface area contributed by atoms with Crippen LogP contribution < -0.4 is 10.6 Å². The lowest BCUT2D eigenvalue weighted by molar-refractivity contribution is -0.142. The van der Waals surface area contributed by atoms with Crippen molar-refractivity contribution in [1.82, 2.24) is 25.6 Å². The summed E-state index contributed by atoms with van der Waals surface area (Å²) in [6.07, 6.45) is 2.42. The SMILES string of the molecule is CC(C)[C@H](NC(=O)CCc1nc2ccccc2[nH]1)C(=O)N[C@@H](Cc1c[nH]c2ccccc12)C(=O)O. The zero-order chi connectivity index (χ0) is 24.9. The van der Waals surface area contributed by atoms with Crippen molar-refractivity contribution in [3.63, 3.8) is 0 Å². The monoisotopic (exact) mass is 475 g/mol. The van der Waals surface area contributed by atoms with E-state index >= 15 is 0 Å². The molecule has 2 atom stereocenters. The fourth-order valence-corrected chi connectivity index (χ4v) is 4.12. The van der Waals surface area contributed by atoms with Crippen LogP contribution in [0.1, 0.15) is 31.7 Å². The molecule has 0 aliphatic heterocycles. The molecule has 0 aliphatic carbocycles. The maximum atomic E-state index is 13.0. The highest BCUT2D eigenvalue weighted by molar-refractivity contribution is 5.91. The average Bonchev–Trinajstić information content (AvgIpc) is 3.44. The normalized spacial score (nSPS) is 13.1. The van der Waals surface area contributed by atoms with Gasteiger partial charge in [0.25, 0.3) is 0 Å². The summed E-state index contributed by atoms with van der Waals surface area (Å²) in [4.78, 5) is 48.3. The highest BCUT2D eigenvalue weighted by Crippen LogP contribution is 2.19. The number of carboxylic acid groups (broad SMARTS) is 1. The van der Waals surface area contributed by atoms with Gasteiger partial charge >= 0.3 is 5.97 Å². The van der Waals surface area contributed by atoms with Gasteiger partial charge in [0.05, 0.1) is 11.0 Å². The summed E-state index contributed by atoms with van der Waals surface area (Å²) in [5, 5.41) is 16.0. The zero-order valence-electron chi connectivity index (χ0n) is 19.7. The molecular formula is C26H29N5O4. The first-order chi connectivity index (χ1) is 16.8. The lowest BCUT2D eigenvalue weighted by Gasteiger charge is -2.24. The topological polar surface area (TPSA) is 140 Å². The molecule has 35 heavy (non-hydrogen) atoms. The number of aromatic nitrogens is 3. The van der Waals surface area contributed by atoms with Crippen molar-refractivity contribution in [3.05, 3.63) is 66.1 Å². The van der Waals surface area contributed by atoms with Gasteiger partial charge in [0.15, 0.2) is 0 Å². The highest BCUT2D eigenvalue weighted by Gasteiger charge is 2.29. The van der Waals surface area contributed by atoms with Crippen LogP contribution in [-0.4, -0.2) is 49.9 Å². The molecule has 2 aromatic heterocycles. The Kier molecular flexibility index (Phi) is 7.14. The average molecular weight is 476 g/mol. The fourth-order valence-electron chi connectivity index (χ4n) is 4.12. The summed E-state index contributed by atoms with van der Waals surface area (Å²) in [6, 6.07) is 13.2. The number of amides is 2. The van der Waals surface area contributed by atoms with Crippen molar-refractivity contribution in [2.75, 3.05) is 0 Å². The summed E-state index contributed by atoms with van der Waals surface area (Å²) in [7, 11) is 0. The maximum Gasteiger partial charge on any atom is 0.326 e. The van der Waals surface area contributed by atoms with Crippen LogP contribution in [0.5, 0.6) is 0 Å². The quantitative estimate of drug-likeness (QED) is 0.240. The number of carbonyl (C=O) groups excluding carboxylic acids is 2. The number of nitrogens with zero attached hydrogens (tertiary/aromatic N) is 1.